The fourth-order valence-corrected chi connectivity index (χ4v) is 3.09. The van der Waals surface area contributed by atoms with E-state index in [1.807, 2.05) is 0 Å². The van der Waals surface area contributed by atoms with Crippen LogP contribution in [0.2, 0.25) is 0 Å². The maximum absolute atomic E-state index is 5.44. The minimum Gasteiger partial charge on any atom is -0.364 e. The summed E-state index contributed by atoms with van der Waals surface area (Å²) in [4.78, 5) is 11.0. The number of anilines is 2. The second-order valence-electron chi connectivity index (χ2n) is 5.37. The fourth-order valence-electron chi connectivity index (χ4n) is 2.21. The molecule has 0 spiro atoms. The van der Waals surface area contributed by atoms with Crippen molar-refractivity contribution in [3.05, 3.63) is 10.9 Å². The Morgan fingerprint density at radius 2 is 2.11 bits per heavy atom. The number of hydrazine groups is 1. The summed E-state index contributed by atoms with van der Waals surface area (Å²) in [5.74, 6) is 6.74. The molecule has 0 aliphatic rings. The Kier molecular flexibility index (Phi) is 3.91. The lowest BCUT2D eigenvalue weighted by Crippen LogP contribution is -2.31. The number of thiophene rings is 1. The van der Waals surface area contributed by atoms with E-state index in [0.29, 0.717) is 5.95 Å². The third-order valence-corrected chi connectivity index (χ3v) is 3.92. The van der Waals surface area contributed by atoms with E-state index < -0.39 is 0 Å². The van der Waals surface area contributed by atoms with Gasteiger partial charge in [-0.15, -0.1) is 11.3 Å². The van der Waals surface area contributed by atoms with Gasteiger partial charge in [0.05, 0.1) is 5.39 Å². The molecule has 4 N–H and O–H groups in total. The molecule has 0 bridgehead atoms. The van der Waals surface area contributed by atoms with Crippen LogP contribution < -0.4 is 16.6 Å². The van der Waals surface area contributed by atoms with E-state index in [9.17, 15) is 0 Å². The maximum atomic E-state index is 5.44. The lowest BCUT2D eigenvalue weighted by Gasteiger charge is -2.26. The Labute approximate surface area is 117 Å². The molecule has 0 amide bonds. The maximum Gasteiger partial charge on any atom is 0.240 e. The molecule has 19 heavy (non-hydrogen) atoms. The largest absolute Gasteiger partial charge is 0.364 e. The highest BCUT2D eigenvalue weighted by molar-refractivity contribution is 7.18. The molecule has 2 aromatic heterocycles. The first-order chi connectivity index (χ1) is 8.95. The molecule has 2 aromatic rings. The van der Waals surface area contributed by atoms with Gasteiger partial charge in [0, 0.05) is 10.4 Å². The Morgan fingerprint density at radius 1 is 1.37 bits per heavy atom. The van der Waals surface area contributed by atoms with Crippen LogP contribution in [0, 0.1) is 6.92 Å². The first-order valence-corrected chi connectivity index (χ1v) is 7.30. The molecule has 0 saturated carbocycles. The van der Waals surface area contributed by atoms with Crippen LogP contribution in [0.5, 0.6) is 0 Å². The number of nitrogens with two attached hydrogens (primary N) is 1. The summed E-state index contributed by atoms with van der Waals surface area (Å²) in [5.41, 5.74) is 2.53. The van der Waals surface area contributed by atoms with Crippen molar-refractivity contribution in [3.8, 4) is 0 Å². The van der Waals surface area contributed by atoms with Gasteiger partial charge < -0.3 is 5.32 Å². The summed E-state index contributed by atoms with van der Waals surface area (Å²) in [6, 6.07) is 2.12. The van der Waals surface area contributed by atoms with Crippen molar-refractivity contribution in [2.75, 3.05) is 10.7 Å². The molecular weight excluding hydrogens is 258 g/mol. The Morgan fingerprint density at radius 3 is 2.74 bits per heavy atom. The molecule has 0 fully saturated rings. The van der Waals surface area contributed by atoms with E-state index in [1.54, 1.807) is 11.3 Å². The molecule has 2 rings (SSSR count). The Balaban J connectivity index is 2.45. The van der Waals surface area contributed by atoms with Gasteiger partial charge in [-0.3, -0.25) is 5.43 Å². The zero-order valence-electron chi connectivity index (χ0n) is 11.9. The van der Waals surface area contributed by atoms with E-state index >= 15 is 0 Å². The molecule has 0 aliphatic heterocycles. The number of nitrogens with one attached hydrogen (secondary N) is 2. The highest BCUT2D eigenvalue weighted by Crippen LogP contribution is 2.31. The molecule has 104 valence electrons. The summed E-state index contributed by atoms with van der Waals surface area (Å²) in [7, 11) is 0. The first kappa shape index (κ1) is 14.0. The lowest BCUT2D eigenvalue weighted by molar-refractivity contribution is 0.509. The van der Waals surface area contributed by atoms with E-state index in [2.05, 4.69) is 54.5 Å². The van der Waals surface area contributed by atoms with E-state index in [4.69, 9.17) is 5.84 Å². The first-order valence-electron chi connectivity index (χ1n) is 6.48. The van der Waals surface area contributed by atoms with Gasteiger partial charge in [-0.1, -0.05) is 13.3 Å². The van der Waals surface area contributed by atoms with Gasteiger partial charge >= 0.3 is 0 Å². The van der Waals surface area contributed by atoms with Crippen molar-refractivity contribution in [1.29, 1.82) is 0 Å². The van der Waals surface area contributed by atoms with Crippen LogP contribution in [-0.4, -0.2) is 15.5 Å². The van der Waals surface area contributed by atoms with E-state index in [-0.39, 0.29) is 5.54 Å². The molecule has 0 aliphatic carbocycles. The molecule has 0 atom stereocenters. The zero-order valence-corrected chi connectivity index (χ0v) is 12.7. The molecular formula is C13H21N5S. The SMILES string of the molecule is CCCC(C)(C)Nc1nc(NN)nc2sc(C)cc12. The third-order valence-electron chi connectivity index (χ3n) is 2.98. The van der Waals surface area contributed by atoms with Crippen LogP contribution >= 0.6 is 11.3 Å². The minimum absolute atomic E-state index is 0.00224. The Bertz CT molecular complexity index is 576. The topological polar surface area (TPSA) is 75.9 Å². The van der Waals surface area contributed by atoms with Crippen LogP contribution in [0.1, 0.15) is 38.5 Å². The quantitative estimate of drug-likeness (QED) is 0.578. The predicted molar refractivity (Wildman–Crippen MR) is 82.6 cm³/mol. The second kappa shape index (κ2) is 5.30. The van der Waals surface area contributed by atoms with Gasteiger partial charge in [0.15, 0.2) is 0 Å². The average molecular weight is 279 g/mol. The van der Waals surface area contributed by atoms with Crippen molar-refractivity contribution in [2.24, 2.45) is 5.84 Å². The second-order valence-corrected chi connectivity index (χ2v) is 6.61. The van der Waals surface area contributed by atoms with Crippen molar-refractivity contribution < 1.29 is 0 Å². The number of nitrogen functional groups attached to an aromatic ring is 1. The van der Waals surface area contributed by atoms with Crippen LogP contribution in [0.25, 0.3) is 10.2 Å². The molecule has 0 radical (unpaired) electrons. The Hall–Kier alpha value is -1.40. The van der Waals surface area contributed by atoms with Crippen LogP contribution in [0.15, 0.2) is 6.07 Å². The van der Waals surface area contributed by atoms with Crippen LogP contribution in [0.4, 0.5) is 11.8 Å². The molecule has 6 heteroatoms. The van der Waals surface area contributed by atoms with Crippen LogP contribution in [0.3, 0.4) is 0 Å². The van der Waals surface area contributed by atoms with Crippen molar-refractivity contribution in [1.82, 2.24) is 9.97 Å². The summed E-state index contributed by atoms with van der Waals surface area (Å²) < 4.78 is 0. The normalized spacial score (nSPS) is 11.8. The molecule has 5 nitrogen and oxygen atoms in total. The number of nitrogens with zero attached hydrogens (tertiary/aromatic N) is 2. The molecule has 0 aromatic carbocycles. The van der Waals surface area contributed by atoms with Crippen molar-refractivity contribution in [3.63, 3.8) is 0 Å². The summed E-state index contributed by atoms with van der Waals surface area (Å²) in [6.45, 7) is 8.61. The fraction of sp³-hybridized carbons (Fsp3) is 0.538. The predicted octanol–water partition coefficient (Wildman–Crippen LogP) is 3.28. The molecule has 0 saturated heterocycles. The van der Waals surface area contributed by atoms with Crippen molar-refractivity contribution >= 4 is 33.3 Å². The molecule has 0 unspecified atom stereocenters. The number of rotatable bonds is 5. The van der Waals surface area contributed by atoms with Gasteiger partial charge in [0.25, 0.3) is 0 Å². The lowest BCUT2D eigenvalue weighted by atomic mass is 9.99. The van der Waals surface area contributed by atoms with Gasteiger partial charge in [-0.05, 0) is 33.3 Å². The summed E-state index contributed by atoms with van der Waals surface area (Å²) >= 11 is 1.65. The van der Waals surface area contributed by atoms with Gasteiger partial charge in [-0.2, -0.15) is 4.98 Å². The number of hydrogen-bond donors (Lipinski definition) is 3. The van der Waals surface area contributed by atoms with Crippen LogP contribution in [-0.2, 0) is 0 Å². The van der Waals surface area contributed by atoms with E-state index in [0.717, 1.165) is 28.9 Å². The van der Waals surface area contributed by atoms with E-state index in [1.165, 1.54) is 4.88 Å². The number of aryl methyl sites for hydroxylation is 1. The van der Waals surface area contributed by atoms with Gasteiger partial charge in [0.2, 0.25) is 5.95 Å². The highest BCUT2D eigenvalue weighted by Gasteiger charge is 2.19. The standard InChI is InChI=1S/C13H21N5S/c1-5-6-13(3,4)17-10-9-7-8(2)19-11(9)16-12(15-10)18-14/h7H,5-6,14H2,1-4H3,(H2,15,16,17,18). The summed E-state index contributed by atoms with van der Waals surface area (Å²) in [5, 5.41) is 4.57. The monoisotopic (exact) mass is 279 g/mol. The zero-order chi connectivity index (χ0) is 14.0. The third kappa shape index (κ3) is 3.13. The smallest absolute Gasteiger partial charge is 0.240 e. The summed E-state index contributed by atoms with van der Waals surface area (Å²) in [6.07, 6.45) is 2.20. The average Bonchev–Trinajstić information content (AvgIpc) is 2.69. The number of hydrogen-bond acceptors (Lipinski definition) is 6. The minimum atomic E-state index is -0.00224. The highest BCUT2D eigenvalue weighted by atomic mass is 32.1. The van der Waals surface area contributed by atoms with Crippen molar-refractivity contribution in [2.45, 2.75) is 46.1 Å². The number of fused-ring (bicyclic) bond motifs is 1. The molecule has 2 heterocycles. The number of aromatic nitrogens is 2. The van der Waals surface area contributed by atoms with Gasteiger partial charge in [0.1, 0.15) is 10.6 Å². The van der Waals surface area contributed by atoms with Gasteiger partial charge in [-0.25, -0.2) is 10.8 Å².